The minimum absolute atomic E-state index is 0.207. The molecule has 0 atom stereocenters. The van der Waals surface area contributed by atoms with Gasteiger partial charge in [0.2, 0.25) is 5.91 Å². The van der Waals surface area contributed by atoms with E-state index in [0.29, 0.717) is 29.8 Å². The molecule has 0 saturated carbocycles. The molecule has 1 aromatic rings. The molecule has 0 spiro atoms. The van der Waals surface area contributed by atoms with Gasteiger partial charge in [0.25, 0.3) is 0 Å². The zero-order chi connectivity index (χ0) is 15.1. The Kier molecular flexibility index (Phi) is 6.06. The SMILES string of the molecule is CSc1nc(NN)cc(NCCC(=O)N2CCCCC2)n1. The van der Waals surface area contributed by atoms with Crippen LogP contribution >= 0.6 is 11.8 Å². The van der Waals surface area contributed by atoms with E-state index in [1.54, 1.807) is 6.07 Å². The Bertz CT molecular complexity index is 455. The zero-order valence-corrected chi connectivity index (χ0v) is 13.1. The number of hydrogen-bond donors (Lipinski definition) is 3. The van der Waals surface area contributed by atoms with Crippen molar-refractivity contribution in [2.75, 3.05) is 36.6 Å². The summed E-state index contributed by atoms with van der Waals surface area (Å²) in [6.07, 6.45) is 5.85. The fourth-order valence-electron chi connectivity index (χ4n) is 2.28. The molecule has 1 amide bonds. The van der Waals surface area contributed by atoms with Gasteiger partial charge in [0.05, 0.1) is 0 Å². The number of rotatable bonds is 6. The minimum Gasteiger partial charge on any atom is -0.369 e. The summed E-state index contributed by atoms with van der Waals surface area (Å²) in [6, 6.07) is 1.73. The van der Waals surface area contributed by atoms with E-state index < -0.39 is 0 Å². The van der Waals surface area contributed by atoms with Crippen molar-refractivity contribution in [2.45, 2.75) is 30.8 Å². The van der Waals surface area contributed by atoms with Crippen LogP contribution in [0.2, 0.25) is 0 Å². The van der Waals surface area contributed by atoms with Crippen molar-refractivity contribution in [1.29, 1.82) is 0 Å². The number of nitrogens with one attached hydrogen (secondary N) is 2. The highest BCUT2D eigenvalue weighted by Crippen LogP contribution is 2.16. The fraction of sp³-hybridized carbons (Fsp3) is 0.615. The first-order valence-corrected chi connectivity index (χ1v) is 8.36. The maximum absolute atomic E-state index is 12.1. The molecule has 0 aliphatic carbocycles. The zero-order valence-electron chi connectivity index (χ0n) is 12.3. The average molecular weight is 310 g/mol. The van der Waals surface area contributed by atoms with Gasteiger partial charge in [-0.3, -0.25) is 4.79 Å². The van der Waals surface area contributed by atoms with E-state index in [0.717, 1.165) is 25.9 Å². The van der Waals surface area contributed by atoms with E-state index >= 15 is 0 Å². The Labute approximate surface area is 129 Å². The summed E-state index contributed by atoms with van der Waals surface area (Å²) in [4.78, 5) is 22.5. The van der Waals surface area contributed by atoms with Gasteiger partial charge in [0.15, 0.2) is 5.16 Å². The topological polar surface area (TPSA) is 96.2 Å². The molecule has 7 nitrogen and oxygen atoms in total. The van der Waals surface area contributed by atoms with E-state index in [1.807, 2.05) is 11.2 Å². The second-order valence-corrected chi connectivity index (χ2v) is 5.66. The van der Waals surface area contributed by atoms with Crippen molar-refractivity contribution < 1.29 is 4.79 Å². The van der Waals surface area contributed by atoms with Crippen LogP contribution in [0.5, 0.6) is 0 Å². The first kappa shape index (κ1) is 15.8. The van der Waals surface area contributed by atoms with Gasteiger partial charge in [0, 0.05) is 32.1 Å². The summed E-state index contributed by atoms with van der Waals surface area (Å²) in [7, 11) is 0. The third kappa shape index (κ3) is 4.75. The lowest BCUT2D eigenvalue weighted by molar-refractivity contribution is -0.131. The highest BCUT2D eigenvalue weighted by Gasteiger charge is 2.15. The van der Waals surface area contributed by atoms with Crippen LogP contribution in [0, 0.1) is 0 Å². The smallest absolute Gasteiger partial charge is 0.224 e. The summed E-state index contributed by atoms with van der Waals surface area (Å²) < 4.78 is 0. The van der Waals surface area contributed by atoms with E-state index in [4.69, 9.17) is 5.84 Å². The molecule has 1 aliphatic rings. The molecule has 2 rings (SSSR count). The molecule has 0 unspecified atom stereocenters. The lowest BCUT2D eigenvalue weighted by Crippen LogP contribution is -2.36. The van der Waals surface area contributed by atoms with E-state index in [-0.39, 0.29) is 5.91 Å². The number of nitrogen functional groups attached to an aromatic ring is 1. The minimum atomic E-state index is 0.207. The summed E-state index contributed by atoms with van der Waals surface area (Å²) in [6.45, 7) is 2.35. The van der Waals surface area contributed by atoms with Crippen molar-refractivity contribution in [3.8, 4) is 0 Å². The number of anilines is 2. The Balaban J connectivity index is 1.83. The molecule has 8 heteroatoms. The van der Waals surface area contributed by atoms with Crippen LogP contribution in [0.3, 0.4) is 0 Å². The number of likely N-dealkylation sites (tertiary alicyclic amines) is 1. The maximum atomic E-state index is 12.1. The predicted octanol–water partition coefficient (Wildman–Crippen LogP) is 1.30. The molecule has 1 saturated heterocycles. The van der Waals surface area contributed by atoms with Gasteiger partial charge >= 0.3 is 0 Å². The molecule has 21 heavy (non-hydrogen) atoms. The van der Waals surface area contributed by atoms with Crippen molar-refractivity contribution in [3.05, 3.63) is 6.07 Å². The number of carbonyl (C=O) groups excluding carboxylic acids is 1. The quantitative estimate of drug-likeness (QED) is 0.315. The van der Waals surface area contributed by atoms with Gasteiger partial charge in [-0.05, 0) is 25.5 Å². The van der Waals surface area contributed by atoms with Crippen molar-refractivity contribution in [3.63, 3.8) is 0 Å². The van der Waals surface area contributed by atoms with Gasteiger partial charge in [-0.1, -0.05) is 11.8 Å². The van der Waals surface area contributed by atoms with Crippen LogP contribution < -0.4 is 16.6 Å². The second-order valence-electron chi connectivity index (χ2n) is 4.89. The normalized spacial score (nSPS) is 14.9. The predicted molar refractivity (Wildman–Crippen MR) is 85.2 cm³/mol. The van der Waals surface area contributed by atoms with Crippen LogP contribution in [-0.4, -0.2) is 46.7 Å². The molecule has 1 aliphatic heterocycles. The lowest BCUT2D eigenvalue weighted by atomic mass is 10.1. The number of aromatic nitrogens is 2. The Morgan fingerprint density at radius 3 is 2.71 bits per heavy atom. The molecule has 0 radical (unpaired) electrons. The van der Waals surface area contributed by atoms with Gasteiger partial charge in [-0.25, -0.2) is 15.8 Å². The van der Waals surface area contributed by atoms with Gasteiger partial charge in [-0.15, -0.1) is 0 Å². The van der Waals surface area contributed by atoms with Crippen molar-refractivity contribution >= 4 is 29.3 Å². The number of piperidine rings is 1. The third-order valence-corrected chi connectivity index (χ3v) is 3.94. The second kappa shape index (κ2) is 8.04. The highest BCUT2D eigenvalue weighted by molar-refractivity contribution is 7.98. The van der Waals surface area contributed by atoms with Crippen LogP contribution in [0.1, 0.15) is 25.7 Å². The monoisotopic (exact) mass is 310 g/mol. The number of carbonyl (C=O) groups is 1. The Morgan fingerprint density at radius 2 is 2.05 bits per heavy atom. The summed E-state index contributed by atoms with van der Waals surface area (Å²) in [5.41, 5.74) is 2.51. The summed E-state index contributed by atoms with van der Waals surface area (Å²) in [5.74, 6) is 6.82. The van der Waals surface area contributed by atoms with Crippen LogP contribution in [0.25, 0.3) is 0 Å². The number of hydrogen-bond acceptors (Lipinski definition) is 7. The molecular weight excluding hydrogens is 288 g/mol. The van der Waals surface area contributed by atoms with E-state index in [2.05, 4.69) is 20.7 Å². The third-order valence-electron chi connectivity index (χ3n) is 3.39. The lowest BCUT2D eigenvalue weighted by Gasteiger charge is -2.26. The first-order valence-electron chi connectivity index (χ1n) is 7.14. The number of nitrogens with zero attached hydrogens (tertiary/aromatic N) is 3. The number of amides is 1. The van der Waals surface area contributed by atoms with Gasteiger partial charge in [-0.2, -0.15) is 0 Å². The van der Waals surface area contributed by atoms with Crippen LogP contribution in [-0.2, 0) is 4.79 Å². The van der Waals surface area contributed by atoms with Crippen molar-refractivity contribution in [1.82, 2.24) is 14.9 Å². The van der Waals surface area contributed by atoms with Crippen LogP contribution in [0.15, 0.2) is 11.2 Å². The summed E-state index contributed by atoms with van der Waals surface area (Å²) in [5, 5.41) is 3.79. The van der Waals surface area contributed by atoms with E-state index in [1.165, 1.54) is 18.2 Å². The number of hydrazine groups is 1. The highest BCUT2D eigenvalue weighted by atomic mass is 32.2. The number of thioether (sulfide) groups is 1. The standard InChI is InChI=1S/C13H22N6OS/c1-21-13-16-10(9-11(17-13)18-14)15-6-5-12(20)19-7-3-2-4-8-19/h9H,2-8,14H2,1H3,(H2,15,16,17,18). The number of nitrogens with two attached hydrogens (primary N) is 1. The van der Waals surface area contributed by atoms with Crippen molar-refractivity contribution in [2.24, 2.45) is 5.84 Å². The molecule has 116 valence electrons. The van der Waals surface area contributed by atoms with Crippen LogP contribution in [0.4, 0.5) is 11.6 Å². The molecule has 0 aromatic carbocycles. The molecule has 2 heterocycles. The first-order chi connectivity index (χ1) is 10.2. The molecule has 4 N–H and O–H groups in total. The maximum Gasteiger partial charge on any atom is 0.224 e. The molecule has 1 aromatic heterocycles. The van der Waals surface area contributed by atoms with Gasteiger partial charge in [0.1, 0.15) is 11.6 Å². The average Bonchev–Trinajstić information content (AvgIpc) is 2.55. The molecular formula is C13H22N6OS. The Morgan fingerprint density at radius 1 is 1.33 bits per heavy atom. The summed E-state index contributed by atoms with van der Waals surface area (Å²) >= 11 is 1.44. The Hall–Kier alpha value is -1.54. The van der Waals surface area contributed by atoms with E-state index in [9.17, 15) is 4.79 Å². The van der Waals surface area contributed by atoms with Gasteiger partial charge < -0.3 is 15.6 Å². The molecule has 1 fully saturated rings. The largest absolute Gasteiger partial charge is 0.369 e. The molecule has 0 bridgehead atoms. The fourth-order valence-corrected chi connectivity index (χ4v) is 2.66.